The van der Waals surface area contributed by atoms with E-state index in [2.05, 4.69) is 9.62 Å². The Morgan fingerprint density at radius 1 is 0.966 bits per heavy atom. The van der Waals surface area contributed by atoms with Crippen LogP contribution in [-0.4, -0.2) is 77.5 Å². The lowest BCUT2D eigenvalue weighted by Gasteiger charge is -2.35. The van der Waals surface area contributed by atoms with Crippen molar-refractivity contribution in [3.8, 4) is 0 Å². The minimum Gasteiger partial charge on any atom is -0.373 e. The zero-order valence-electron chi connectivity index (χ0n) is 17.1. The van der Waals surface area contributed by atoms with E-state index in [1.807, 2.05) is 13.8 Å². The van der Waals surface area contributed by atoms with E-state index in [9.17, 15) is 16.8 Å². The van der Waals surface area contributed by atoms with Gasteiger partial charge in [-0.25, -0.2) is 21.6 Å². The van der Waals surface area contributed by atoms with Crippen molar-refractivity contribution in [1.29, 1.82) is 0 Å². The molecule has 0 amide bonds. The van der Waals surface area contributed by atoms with Crippen molar-refractivity contribution in [2.24, 2.45) is 0 Å². The molecule has 2 fully saturated rings. The lowest BCUT2D eigenvalue weighted by Crippen LogP contribution is -2.46. The van der Waals surface area contributed by atoms with Crippen molar-refractivity contribution in [2.75, 3.05) is 39.3 Å². The smallest absolute Gasteiger partial charge is 0.243 e. The molecule has 0 aliphatic carbocycles. The molecule has 2 atom stereocenters. The summed E-state index contributed by atoms with van der Waals surface area (Å²) in [6.45, 7) is 7.95. The average molecular weight is 446 g/mol. The highest BCUT2D eigenvalue weighted by molar-refractivity contribution is 7.89. The molecule has 1 N–H and O–H groups in total. The summed E-state index contributed by atoms with van der Waals surface area (Å²) < 4.78 is 59.9. The van der Waals surface area contributed by atoms with Gasteiger partial charge in [-0.05, 0) is 63.9 Å². The van der Waals surface area contributed by atoms with Crippen LogP contribution in [0.5, 0.6) is 0 Å². The third kappa shape index (κ3) is 5.77. The minimum atomic E-state index is -3.67. The van der Waals surface area contributed by atoms with Crippen molar-refractivity contribution >= 4 is 20.0 Å². The monoisotopic (exact) mass is 445 g/mol. The topological polar surface area (TPSA) is 96.0 Å². The Hall–Kier alpha value is -1.04. The molecule has 2 aliphatic heterocycles. The van der Waals surface area contributed by atoms with Crippen LogP contribution in [0.3, 0.4) is 0 Å². The highest BCUT2D eigenvalue weighted by atomic mass is 32.2. The van der Waals surface area contributed by atoms with Gasteiger partial charge in [0.1, 0.15) is 0 Å². The number of nitrogens with one attached hydrogen (secondary N) is 1. The summed E-state index contributed by atoms with van der Waals surface area (Å²) in [5.74, 6) is 0. The van der Waals surface area contributed by atoms with Crippen LogP contribution < -0.4 is 4.72 Å². The van der Waals surface area contributed by atoms with Crippen LogP contribution in [0.15, 0.2) is 34.1 Å². The predicted octanol–water partition coefficient (Wildman–Crippen LogP) is 1.25. The van der Waals surface area contributed by atoms with Gasteiger partial charge < -0.3 is 4.74 Å². The Bertz CT molecular complexity index is 871. The standard InChI is InChI=1S/C19H31N3O5S2/c1-16-14-21(15-17(2)27-16)11-5-10-20-28(23,24)18-6-8-19(9-7-18)29(25,26)22-12-3-4-13-22/h6-9,16-17,20H,3-5,10-15H2,1-2H3. The van der Waals surface area contributed by atoms with Crippen LogP contribution in [0, 0.1) is 0 Å². The summed E-state index contributed by atoms with van der Waals surface area (Å²) in [4.78, 5) is 2.49. The highest BCUT2D eigenvalue weighted by Gasteiger charge is 2.27. The van der Waals surface area contributed by atoms with E-state index in [0.29, 0.717) is 26.1 Å². The fraction of sp³-hybridized carbons (Fsp3) is 0.684. The number of benzene rings is 1. The third-order valence-corrected chi connectivity index (χ3v) is 8.67. The molecule has 0 radical (unpaired) electrons. The van der Waals surface area contributed by atoms with Gasteiger partial charge in [-0.2, -0.15) is 4.31 Å². The fourth-order valence-corrected chi connectivity index (χ4v) is 6.52. The molecule has 164 valence electrons. The number of sulfonamides is 2. The summed E-state index contributed by atoms with van der Waals surface area (Å²) in [6.07, 6.45) is 2.78. The Morgan fingerprint density at radius 3 is 2.10 bits per heavy atom. The third-order valence-electron chi connectivity index (χ3n) is 5.28. The largest absolute Gasteiger partial charge is 0.373 e. The fourth-order valence-electron chi connectivity index (χ4n) is 3.93. The van der Waals surface area contributed by atoms with Crippen LogP contribution >= 0.6 is 0 Å². The summed E-state index contributed by atoms with van der Waals surface area (Å²) >= 11 is 0. The zero-order chi connectivity index (χ0) is 21.1. The van der Waals surface area contributed by atoms with Gasteiger partial charge >= 0.3 is 0 Å². The Kier molecular flexibility index (Phi) is 7.34. The van der Waals surface area contributed by atoms with Crippen LogP contribution in [0.25, 0.3) is 0 Å². The van der Waals surface area contributed by atoms with Crippen molar-refractivity contribution < 1.29 is 21.6 Å². The number of ether oxygens (including phenoxy) is 1. The molecule has 2 aliphatic rings. The van der Waals surface area contributed by atoms with Gasteiger partial charge in [0.2, 0.25) is 20.0 Å². The summed E-state index contributed by atoms with van der Waals surface area (Å²) in [5, 5.41) is 0. The van der Waals surface area contributed by atoms with Gasteiger partial charge in [-0.15, -0.1) is 0 Å². The quantitative estimate of drug-likeness (QED) is 0.605. The first kappa shape index (κ1) is 22.6. The highest BCUT2D eigenvalue weighted by Crippen LogP contribution is 2.22. The molecule has 29 heavy (non-hydrogen) atoms. The number of rotatable bonds is 8. The van der Waals surface area contributed by atoms with Gasteiger partial charge in [0.05, 0.1) is 22.0 Å². The lowest BCUT2D eigenvalue weighted by molar-refractivity contribution is -0.0679. The molecule has 10 heteroatoms. The lowest BCUT2D eigenvalue weighted by atomic mass is 10.2. The van der Waals surface area contributed by atoms with Crippen molar-refractivity contribution in [3.05, 3.63) is 24.3 Å². The Labute approximate surface area is 174 Å². The average Bonchev–Trinajstić information content (AvgIpc) is 3.20. The van der Waals surface area contributed by atoms with E-state index in [0.717, 1.165) is 32.5 Å². The second kappa shape index (κ2) is 9.40. The molecule has 0 saturated carbocycles. The Balaban J connectivity index is 1.53. The van der Waals surface area contributed by atoms with Crippen molar-refractivity contribution in [1.82, 2.24) is 13.9 Å². The molecule has 1 aromatic carbocycles. The van der Waals surface area contributed by atoms with E-state index < -0.39 is 20.0 Å². The van der Waals surface area contributed by atoms with E-state index in [1.54, 1.807) is 0 Å². The van der Waals surface area contributed by atoms with Gasteiger partial charge in [0.25, 0.3) is 0 Å². The van der Waals surface area contributed by atoms with Crippen LogP contribution in [0.4, 0.5) is 0 Å². The molecule has 2 heterocycles. The maximum absolute atomic E-state index is 12.6. The van der Waals surface area contributed by atoms with E-state index in [4.69, 9.17) is 4.74 Å². The van der Waals surface area contributed by atoms with Gasteiger partial charge in [-0.1, -0.05) is 0 Å². The second-order valence-electron chi connectivity index (χ2n) is 7.85. The first-order valence-corrected chi connectivity index (χ1v) is 13.1. The summed E-state index contributed by atoms with van der Waals surface area (Å²) in [7, 11) is -7.21. The van der Waals surface area contributed by atoms with E-state index in [1.165, 1.54) is 28.6 Å². The first-order valence-electron chi connectivity index (χ1n) is 10.2. The van der Waals surface area contributed by atoms with Crippen molar-refractivity contribution in [2.45, 2.75) is 55.1 Å². The van der Waals surface area contributed by atoms with Crippen LogP contribution in [0.2, 0.25) is 0 Å². The molecule has 0 aromatic heterocycles. The number of morpholine rings is 1. The molecular weight excluding hydrogens is 414 g/mol. The molecule has 2 unspecified atom stereocenters. The van der Waals surface area contributed by atoms with Gasteiger partial charge in [0, 0.05) is 32.7 Å². The van der Waals surface area contributed by atoms with Gasteiger partial charge in [0.15, 0.2) is 0 Å². The SMILES string of the molecule is CC1CN(CCCNS(=O)(=O)c2ccc(S(=O)(=O)N3CCCC3)cc2)CC(C)O1. The molecule has 3 rings (SSSR count). The summed E-state index contributed by atoms with van der Waals surface area (Å²) in [5.41, 5.74) is 0. The van der Waals surface area contributed by atoms with Crippen LogP contribution in [0.1, 0.15) is 33.1 Å². The molecular formula is C19H31N3O5S2. The number of nitrogens with zero attached hydrogens (tertiary/aromatic N) is 2. The number of hydrogen-bond donors (Lipinski definition) is 1. The molecule has 8 nitrogen and oxygen atoms in total. The Morgan fingerprint density at radius 2 is 1.52 bits per heavy atom. The molecule has 0 bridgehead atoms. The molecule has 0 spiro atoms. The summed E-state index contributed by atoms with van der Waals surface area (Å²) in [6, 6.07) is 5.46. The second-order valence-corrected chi connectivity index (χ2v) is 11.6. The molecule has 2 saturated heterocycles. The normalized spacial score (nSPS) is 24.8. The predicted molar refractivity (Wildman–Crippen MR) is 111 cm³/mol. The van der Waals surface area contributed by atoms with E-state index in [-0.39, 0.29) is 22.0 Å². The zero-order valence-corrected chi connectivity index (χ0v) is 18.7. The van der Waals surface area contributed by atoms with E-state index >= 15 is 0 Å². The maximum atomic E-state index is 12.6. The number of hydrogen-bond acceptors (Lipinski definition) is 6. The maximum Gasteiger partial charge on any atom is 0.243 e. The van der Waals surface area contributed by atoms with Crippen LogP contribution in [-0.2, 0) is 24.8 Å². The first-order chi connectivity index (χ1) is 13.7. The van der Waals surface area contributed by atoms with Gasteiger partial charge in [-0.3, -0.25) is 4.90 Å². The van der Waals surface area contributed by atoms with Crippen molar-refractivity contribution in [3.63, 3.8) is 0 Å². The molecule has 1 aromatic rings. The minimum absolute atomic E-state index is 0.0755.